The second-order valence-corrected chi connectivity index (χ2v) is 6.81. The predicted molar refractivity (Wildman–Crippen MR) is 66.4 cm³/mol. The van der Waals surface area contributed by atoms with Gasteiger partial charge in [-0.2, -0.15) is 4.31 Å². The van der Waals surface area contributed by atoms with Crippen molar-refractivity contribution < 1.29 is 13.2 Å². The lowest BCUT2D eigenvalue weighted by Crippen LogP contribution is -2.52. The lowest BCUT2D eigenvalue weighted by Gasteiger charge is -2.39. The zero-order valence-corrected chi connectivity index (χ0v) is 11.2. The van der Waals surface area contributed by atoms with Crippen LogP contribution in [0.4, 0.5) is 0 Å². The molecular formula is C11H22N2O3S. The highest BCUT2D eigenvalue weighted by Gasteiger charge is 2.34. The first-order valence-corrected chi connectivity index (χ1v) is 8.21. The lowest BCUT2D eigenvalue weighted by molar-refractivity contribution is 0.0460. The van der Waals surface area contributed by atoms with E-state index < -0.39 is 10.0 Å². The molecule has 1 N–H and O–H groups in total. The highest BCUT2D eigenvalue weighted by Crippen LogP contribution is 2.24. The minimum absolute atomic E-state index is 0.141. The van der Waals surface area contributed by atoms with Crippen LogP contribution in [-0.4, -0.2) is 57.4 Å². The number of hydrogen-bond acceptors (Lipinski definition) is 4. The Kier molecular flexibility index (Phi) is 4.41. The van der Waals surface area contributed by atoms with Crippen LogP contribution in [-0.2, 0) is 14.8 Å². The molecule has 2 heterocycles. The third-order valence-corrected chi connectivity index (χ3v) is 4.96. The van der Waals surface area contributed by atoms with Gasteiger partial charge in [-0.1, -0.05) is 0 Å². The molecule has 0 aromatic carbocycles. The van der Waals surface area contributed by atoms with E-state index in [1.807, 2.05) is 0 Å². The average molecular weight is 262 g/mol. The summed E-state index contributed by atoms with van der Waals surface area (Å²) in [5.74, 6) is 0. The quantitative estimate of drug-likeness (QED) is 0.788. The van der Waals surface area contributed by atoms with Crippen LogP contribution in [0.1, 0.15) is 25.7 Å². The minimum atomic E-state index is -3.11. The summed E-state index contributed by atoms with van der Waals surface area (Å²) in [5, 5.41) is 3.28. The van der Waals surface area contributed by atoms with Gasteiger partial charge < -0.3 is 10.1 Å². The number of piperidine rings is 1. The molecule has 5 nitrogen and oxygen atoms in total. The number of rotatable bonds is 3. The van der Waals surface area contributed by atoms with Crippen LogP contribution in [0, 0.1) is 0 Å². The summed E-state index contributed by atoms with van der Waals surface area (Å²) in [4.78, 5) is 0. The molecule has 2 saturated heterocycles. The van der Waals surface area contributed by atoms with Gasteiger partial charge in [-0.25, -0.2) is 8.42 Å². The largest absolute Gasteiger partial charge is 0.381 e. The van der Waals surface area contributed by atoms with Crippen molar-refractivity contribution >= 4 is 10.0 Å². The van der Waals surface area contributed by atoms with Crippen molar-refractivity contribution in [1.29, 1.82) is 0 Å². The van der Waals surface area contributed by atoms with E-state index in [0.717, 1.165) is 38.8 Å². The molecule has 6 heteroatoms. The van der Waals surface area contributed by atoms with Crippen LogP contribution in [0.5, 0.6) is 0 Å². The molecule has 0 aromatic heterocycles. The minimum Gasteiger partial charge on any atom is -0.381 e. The third kappa shape index (κ3) is 3.40. The first-order valence-electron chi connectivity index (χ1n) is 6.36. The van der Waals surface area contributed by atoms with Crippen LogP contribution in [0.3, 0.4) is 0 Å². The zero-order valence-electron chi connectivity index (χ0n) is 10.4. The molecule has 0 unspecified atom stereocenters. The second kappa shape index (κ2) is 5.65. The lowest BCUT2D eigenvalue weighted by atomic mass is 10.0. The van der Waals surface area contributed by atoms with Crippen molar-refractivity contribution in [2.45, 2.75) is 37.8 Å². The number of ether oxygens (including phenoxy) is 1. The summed E-state index contributed by atoms with van der Waals surface area (Å²) in [6, 6.07) is 0.316. The highest BCUT2D eigenvalue weighted by molar-refractivity contribution is 7.88. The molecule has 0 amide bonds. The molecule has 0 bridgehead atoms. The fraction of sp³-hybridized carbons (Fsp3) is 1.00. The molecule has 0 atom stereocenters. The van der Waals surface area contributed by atoms with Gasteiger partial charge in [-0.3, -0.25) is 0 Å². The van der Waals surface area contributed by atoms with E-state index in [0.29, 0.717) is 13.2 Å². The van der Waals surface area contributed by atoms with E-state index in [9.17, 15) is 8.42 Å². The molecule has 100 valence electrons. The fourth-order valence-electron chi connectivity index (χ4n) is 2.84. The van der Waals surface area contributed by atoms with Crippen LogP contribution < -0.4 is 5.32 Å². The number of nitrogens with zero attached hydrogens (tertiary/aromatic N) is 1. The van der Waals surface area contributed by atoms with E-state index in [4.69, 9.17) is 4.74 Å². The van der Waals surface area contributed by atoms with Crippen LogP contribution in [0.2, 0.25) is 0 Å². The third-order valence-electron chi connectivity index (χ3n) is 3.60. The Balaban J connectivity index is 2.11. The Morgan fingerprint density at radius 1 is 1.06 bits per heavy atom. The van der Waals surface area contributed by atoms with Crippen molar-refractivity contribution in [2.75, 3.05) is 32.6 Å². The highest BCUT2D eigenvalue weighted by atomic mass is 32.2. The summed E-state index contributed by atoms with van der Waals surface area (Å²) in [7, 11) is -3.11. The van der Waals surface area contributed by atoms with Gasteiger partial charge in [0.1, 0.15) is 0 Å². The number of sulfonamides is 1. The van der Waals surface area contributed by atoms with Crippen molar-refractivity contribution in [3.63, 3.8) is 0 Å². The van der Waals surface area contributed by atoms with Gasteiger partial charge in [0.05, 0.1) is 6.26 Å². The molecule has 0 aliphatic carbocycles. The molecule has 0 saturated carbocycles. The number of hydrogen-bond donors (Lipinski definition) is 1. The van der Waals surface area contributed by atoms with Gasteiger partial charge in [-0.05, 0) is 38.8 Å². The van der Waals surface area contributed by atoms with Gasteiger partial charge in [0.25, 0.3) is 0 Å². The molecule has 0 radical (unpaired) electrons. The topological polar surface area (TPSA) is 58.6 Å². The van der Waals surface area contributed by atoms with Gasteiger partial charge >= 0.3 is 0 Å². The summed E-state index contributed by atoms with van der Waals surface area (Å²) < 4.78 is 31.1. The second-order valence-electron chi connectivity index (χ2n) is 4.92. The maximum Gasteiger partial charge on any atom is 0.211 e. The normalized spacial score (nSPS) is 25.3. The summed E-state index contributed by atoms with van der Waals surface area (Å²) >= 11 is 0. The molecule has 0 spiro atoms. The smallest absolute Gasteiger partial charge is 0.211 e. The van der Waals surface area contributed by atoms with Crippen LogP contribution in [0.25, 0.3) is 0 Å². The average Bonchev–Trinajstić information content (AvgIpc) is 2.30. The van der Waals surface area contributed by atoms with Crippen LogP contribution >= 0.6 is 0 Å². The Morgan fingerprint density at radius 3 is 2.12 bits per heavy atom. The predicted octanol–water partition coefficient (Wildman–Crippen LogP) is 0.179. The molecular weight excluding hydrogens is 240 g/mol. The maximum atomic E-state index is 12.0. The molecule has 0 aromatic rings. The van der Waals surface area contributed by atoms with Gasteiger partial charge in [0, 0.05) is 25.3 Å². The molecule has 2 rings (SSSR count). The van der Waals surface area contributed by atoms with Crippen LogP contribution in [0.15, 0.2) is 0 Å². The van der Waals surface area contributed by atoms with E-state index in [1.54, 1.807) is 4.31 Å². The zero-order chi connectivity index (χ0) is 12.3. The Labute approximate surface area is 104 Å². The molecule has 2 fully saturated rings. The SMILES string of the molecule is CS(=O)(=O)N(C1CCNCC1)C1CCOCC1. The Bertz CT molecular complexity index is 315. The van der Waals surface area contributed by atoms with Crippen molar-refractivity contribution in [3.05, 3.63) is 0 Å². The van der Waals surface area contributed by atoms with Gasteiger partial charge in [-0.15, -0.1) is 0 Å². The van der Waals surface area contributed by atoms with Crippen molar-refractivity contribution in [3.8, 4) is 0 Å². The van der Waals surface area contributed by atoms with E-state index in [2.05, 4.69) is 5.32 Å². The Hall–Kier alpha value is -0.170. The molecule has 2 aliphatic rings. The molecule has 17 heavy (non-hydrogen) atoms. The van der Waals surface area contributed by atoms with E-state index in [1.165, 1.54) is 6.26 Å². The van der Waals surface area contributed by atoms with Crippen molar-refractivity contribution in [2.24, 2.45) is 0 Å². The monoisotopic (exact) mass is 262 g/mol. The first-order chi connectivity index (χ1) is 8.09. The summed E-state index contributed by atoms with van der Waals surface area (Å²) in [6.45, 7) is 3.20. The Morgan fingerprint density at radius 2 is 1.59 bits per heavy atom. The summed E-state index contributed by atoms with van der Waals surface area (Å²) in [6.07, 6.45) is 4.84. The number of nitrogens with one attached hydrogen (secondary N) is 1. The maximum absolute atomic E-state index is 12.0. The molecule has 2 aliphatic heterocycles. The van der Waals surface area contributed by atoms with E-state index in [-0.39, 0.29) is 12.1 Å². The van der Waals surface area contributed by atoms with E-state index >= 15 is 0 Å². The standard InChI is InChI=1S/C11H22N2O3S/c1-17(14,15)13(10-2-6-12-7-3-10)11-4-8-16-9-5-11/h10-12H,2-9H2,1H3. The summed E-state index contributed by atoms with van der Waals surface area (Å²) in [5.41, 5.74) is 0. The van der Waals surface area contributed by atoms with Gasteiger partial charge in [0.15, 0.2) is 0 Å². The first kappa shape index (κ1) is 13.3. The van der Waals surface area contributed by atoms with Gasteiger partial charge in [0.2, 0.25) is 10.0 Å². The van der Waals surface area contributed by atoms with Crippen molar-refractivity contribution in [1.82, 2.24) is 9.62 Å². The fourth-order valence-corrected chi connectivity index (χ4v) is 4.35.